The second-order valence-corrected chi connectivity index (χ2v) is 8.73. The lowest BCUT2D eigenvalue weighted by Gasteiger charge is -2.35. The van der Waals surface area contributed by atoms with Crippen LogP contribution < -0.4 is 4.90 Å². The summed E-state index contributed by atoms with van der Waals surface area (Å²) in [6.07, 6.45) is 7.58. The average Bonchev–Trinajstić information content (AvgIpc) is 3.45. The van der Waals surface area contributed by atoms with Crippen molar-refractivity contribution < 1.29 is 0 Å². The zero-order valence-electron chi connectivity index (χ0n) is 18.9. The van der Waals surface area contributed by atoms with Crippen LogP contribution in [0, 0.1) is 0 Å². The number of hydrogen-bond acceptors (Lipinski definition) is 5. The Labute approximate surface area is 198 Å². The third kappa shape index (κ3) is 4.16. The highest BCUT2D eigenvalue weighted by Crippen LogP contribution is 2.33. The van der Waals surface area contributed by atoms with E-state index in [1.54, 1.807) is 0 Å². The first-order chi connectivity index (χ1) is 16.8. The molecule has 4 heterocycles. The van der Waals surface area contributed by atoms with Crippen molar-refractivity contribution in [2.24, 2.45) is 0 Å². The van der Waals surface area contributed by atoms with Crippen LogP contribution in [-0.4, -0.2) is 51.2 Å². The fourth-order valence-electron chi connectivity index (χ4n) is 4.71. The number of pyridine rings is 2. The van der Waals surface area contributed by atoms with Crippen molar-refractivity contribution in [3.63, 3.8) is 0 Å². The first kappa shape index (κ1) is 20.6. The van der Waals surface area contributed by atoms with Crippen LogP contribution in [-0.2, 0) is 6.54 Å². The van der Waals surface area contributed by atoms with E-state index in [9.17, 15) is 0 Å². The molecule has 1 N–H and O–H groups in total. The fourth-order valence-corrected chi connectivity index (χ4v) is 4.71. The molecular formula is C28H26N6. The molecule has 0 radical (unpaired) electrons. The van der Waals surface area contributed by atoms with Crippen LogP contribution in [0.3, 0.4) is 0 Å². The molecule has 1 aliphatic heterocycles. The molecule has 0 unspecified atom stereocenters. The Morgan fingerprint density at radius 2 is 1.65 bits per heavy atom. The topological polar surface area (TPSA) is 60.9 Å². The molecule has 2 aromatic carbocycles. The maximum atomic E-state index is 4.86. The van der Waals surface area contributed by atoms with E-state index in [2.05, 4.69) is 85.6 Å². The van der Waals surface area contributed by atoms with E-state index in [0.717, 1.165) is 71.7 Å². The molecule has 6 heteroatoms. The Morgan fingerprint density at radius 1 is 0.765 bits per heavy atom. The Morgan fingerprint density at radius 3 is 2.41 bits per heavy atom. The summed E-state index contributed by atoms with van der Waals surface area (Å²) in [5, 5.41) is 8.13. The normalized spacial score (nSPS) is 14.5. The molecule has 168 valence electrons. The highest BCUT2D eigenvalue weighted by Gasteiger charge is 2.18. The van der Waals surface area contributed by atoms with Gasteiger partial charge in [0.25, 0.3) is 0 Å². The molecule has 0 bridgehead atoms. The number of benzene rings is 2. The summed E-state index contributed by atoms with van der Waals surface area (Å²) in [5.41, 5.74) is 6.70. The number of nitrogens with one attached hydrogen (secondary N) is 1. The quantitative estimate of drug-likeness (QED) is 0.411. The summed E-state index contributed by atoms with van der Waals surface area (Å²) in [6.45, 7) is 5.07. The Hall–Kier alpha value is -4.03. The highest BCUT2D eigenvalue weighted by atomic mass is 15.3. The van der Waals surface area contributed by atoms with E-state index in [1.807, 2.05) is 30.9 Å². The minimum atomic E-state index is 0.967. The number of nitrogens with zero attached hydrogens (tertiary/aromatic N) is 5. The number of anilines is 1. The van der Waals surface area contributed by atoms with Crippen molar-refractivity contribution in [3.05, 3.63) is 97.1 Å². The minimum Gasteiger partial charge on any atom is -0.354 e. The van der Waals surface area contributed by atoms with E-state index in [0.29, 0.717) is 0 Å². The van der Waals surface area contributed by atoms with Crippen LogP contribution in [0.1, 0.15) is 5.56 Å². The third-order valence-corrected chi connectivity index (χ3v) is 6.56. The van der Waals surface area contributed by atoms with Crippen LogP contribution in [0.25, 0.3) is 33.2 Å². The number of H-pyrrole nitrogens is 1. The lowest BCUT2D eigenvalue weighted by molar-refractivity contribution is 0.249. The predicted octanol–water partition coefficient (Wildman–Crippen LogP) is 5.01. The van der Waals surface area contributed by atoms with E-state index in [-0.39, 0.29) is 0 Å². The monoisotopic (exact) mass is 446 g/mol. The molecule has 1 saturated heterocycles. The zero-order chi connectivity index (χ0) is 22.7. The average molecular weight is 447 g/mol. The fraction of sp³-hybridized carbons (Fsp3) is 0.179. The summed E-state index contributed by atoms with van der Waals surface area (Å²) in [4.78, 5) is 14.4. The molecule has 6 nitrogen and oxygen atoms in total. The second-order valence-electron chi connectivity index (χ2n) is 8.73. The maximum Gasteiger partial charge on any atom is 0.128 e. The SMILES string of the molecule is c1ccc(CN2CCN(c3ccc(-c4cc(-c5cn[nH]c5)cc5ncccc45)cn3)CC2)cc1. The molecule has 6 rings (SSSR count). The second kappa shape index (κ2) is 9.08. The molecule has 0 spiro atoms. The molecule has 0 atom stereocenters. The number of aromatic nitrogens is 4. The van der Waals surface area contributed by atoms with Crippen LogP contribution in [0.15, 0.2) is 91.5 Å². The van der Waals surface area contributed by atoms with Gasteiger partial charge in [0, 0.05) is 67.8 Å². The molecule has 34 heavy (non-hydrogen) atoms. The summed E-state index contributed by atoms with van der Waals surface area (Å²) >= 11 is 0. The number of piperazine rings is 1. The molecule has 1 aliphatic rings. The van der Waals surface area contributed by atoms with Gasteiger partial charge < -0.3 is 4.90 Å². The van der Waals surface area contributed by atoms with Crippen molar-refractivity contribution in [3.8, 4) is 22.3 Å². The zero-order valence-corrected chi connectivity index (χ0v) is 18.9. The third-order valence-electron chi connectivity index (χ3n) is 6.56. The first-order valence-electron chi connectivity index (χ1n) is 11.7. The van der Waals surface area contributed by atoms with E-state index >= 15 is 0 Å². The lowest BCUT2D eigenvalue weighted by Crippen LogP contribution is -2.46. The molecule has 0 aliphatic carbocycles. The van der Waals surface area contributed by atoms with E-state index in [4.69, 9.17) is 4.98 Å². The van der Waals surface area contributed by atoms with Gasteiger partial charge in [0.2, 0.25) is 0 Å². The van der Waals surface area contributed by atoms with Gasteiger partial charge in [0.05, 0.1) is 11.7 Å². The van der Waals surface area contributed by atoms with Gasteiger partial charge in [-0.2, -0.15) is 5.10 Å². The maximum absolute atomic E-state index is 4.86. The van der Waals surface area contributed by atoms with E-state index in [1.165, 1.54) is 5.56 Å². The Balaban J connectivity index is 1.22. The summed E-state index contributed by atoms with van der Waals surface area (Å²) in [5.74, 6) is 1.04. The predicted molar refractivity (Wildman–Crippen MR) is 136 cm³/mol. The standard InChI is InChI=1S/C28H26N6/c1-2-5-21(6-3-1)20-33-11-13-34(14-12-33)28-9-8-22(17-30-28)26-15-23(24-18-31-32-19-24)16-27-25(26)7-4-10-29-27/h1-10,15-19H,11-14,20H2,(H,31,32). The molecule has 1 fully saturated rings. The van der Waals surface area contributed by atoms with Gasteiger partial charge in [-0.1, -0.05) is 36.4 Å². The first-order valence-corrected chi connectivity index (χ1v) is 11.7. The number of rotatable bonds is 5. The van der Waals surface area contributed by atoms with Crippen molar-refractivity contribution in [1.29, 1.82) is 0 Å². The molecular weight excluding hydrogens is 420 g/mol. The molecule has 3 aromatic heterocycles. The van der Waals surface area contributed by atoms with Crippen molar-refractivity contribution >= 4 is 16.7 Å². The van der Waals surface area contributed by atoms with Crippen molar-refractivity contribution in [2.75, 3.05) is 31.1 Å². The van der Waals surface area contributed by atoms with Crippen LogP contribution in [0.5, 0.6) is 0 Å². The van der Waals surface area contributed by atoms with Crippen LogP contribution in [0.2, 0.25) is 0 Å². The van der Waals surface area contributed by atoms with Gasteiger partial charge in [0.15, 0.2) is 0 Å². The van der Waals surface area contributed by atoms with Gasteiger partial charge in [0.1, 0.15) is 5.82 Å². The van der Waals surface area contributed by atoms with Gasteiger partial charge in [-0.15, -0.1) is 0 Å². The molecule has 0 amide bonds. The van der Waals surface area contributed by atoms with Crippen LogP contribution in [0.4, 0.5) is 5.82 Å². The molecule has 0 saturated carbocycles. The summed E-state index contributed by atoms with van der Waals surface area (Å²) in [6, 6.07) is 23.5. The largest absolute Gasteiger partial charge is 0.354 e. The highest BCUT2D eigenvalue weighted by molar-refractivity contribution is 5.98. The van der Waals surface area contributed by atoms with Crippen molar-refractivity contribution in [1.82, 2.24) is 25.1 Å². The van der Waals surface area contributed by atoms with Crippen LogP contribution >= 0.6 is 0 Å². The van der Waals surface area contributed by atoms with Gasteiger partial charge in [-0.3, -0.25) is 15.0 Å². The Bertz CT molecular complexity index is 1370. The van der Waals surface area contributed by atoms with E-state index < -0.39 is 0 Å². The van der Waals surface area contributed by atoms with Gasteiger partial charge in [-0.25, -0.2) is 4.98 Å². The van der Waals surface area contributed by atoms with Gasteiger partial charge in [-0.05, 0) is 47.0 Å². The number of hydrogen-bond donors (Lipinski definition) is 1. The smallest absolute Gasteiger partial charge is 0.128 e. The Kier molecular flexibility index (Phi) is 5.49. The van der Waals surface area contributed by atoms with Crippen molar-refractivity contribution in [2.45, 2.75) is 6.54 Å². The minimum absolute atomic E-state index is 0.967. The summed E-state index contributed by atoms with van der Waals surface area (Å²) < 4.78 is 0. The van der Waals surface area contributed by atoms with Gasteiger partial charge >= 0.3 is 0 Å². The molecule has 5 aromatic rings. The number of aromatic amines is 1. The summed E-state index contributed by atoms with van der Waals surface area (Å²) in [7, 11) is 0. The lowest BCUT2D eigenvalue weighted by atomic mass is 9.97. The number of fused-ring (bicyclic) bond motifs is 1.